The first-order chi connectivity index (χ1) is 52.5. The molecular weight excluding hydrogens is 1310 g/mol. The first-order valence-corrected chi connectivity index (χ1v) is 43.9. The molecule has 0 saturated carbocycles. The molecular formula is C96H124N4O6+2. The summed E-state index contributed by atoms with van der Waals surface area (Å²) in [5, 5.41) is 5.18. The van der Waals surface area contributed by atoms with Crippen molar-refractivity contribution in [3.63, 3.8) is 0 Å². The van der Waals surface area contributed by atoms with Crippen LogP contribution in [0.5, 0.6) is 23.0 Å². The van der Waals surface area contributed by atoms with Crippen molar-refractivity contribution in [1.82, 2.24) is 9.15 Å². The second-order valence-corrected chi connectivity index (χ2v) is 33.7. The SMILES string of the molecule is O=C(OCCCCCCCCCCCCCCCCCCCCCCCCCCCCCCCCOC(=O)c1ccccc1C1=c2cc3c4c(c2Oc2c1cc1c5c2CCCN5CCC1)CCC[N+]=4CCC3)c1ccccc1C1=c2cc3c4c(c2Oc2c1cc1c5c2CCCN5CCC1)CCC[N+]=4CCC3. The summed E-state index contributed by atoms with van der Waals surface area (Å²) in [5.41, 5.74) is 22.1. The number of benzene rings is 6. The standard InChI is InChI=1S/C96H124N4O6/c101-95(75-49-31-29-47-73(75)85-81-65-69-43-35-55-97-59-39-51-77(87(69)97)91(81)105-92-78-52-40-60-98-56-36-44-70(88(78)98)66-82(85)92)103-63-33-27-25-23-21-19-17-15-13-11-9-7-5-3-1-2-4-6-8-10-12-14-16-18-20-22-24-26-28-34-64-104-96(102)76-50-32-30-48-74(76)86-83-67-71-45-37-57-99-61-41-53-79(89(71)99)93(83)106-94-80-54-42-62-100-58-38-46-72(90(80)100)68-84(86)94/h29-32,47-50,65-68H,1-28,33-46,51-64H2/q+2. The van der Waals surface area contributed by atoms with E-state index in [0.29, 0.717) is 24.3 Å². The van der Waals surface area contributed by atoms with Crippen molar-refractivity contribution in [1.29, 1.82) is 0 Å². The lowest BCUT2D eigenvalue weighted by atomic mass is 9.82. The van der Waals surface area contributed by atoms with Gasteiger partial charge in [-0.05, 0) is 149 Å². The molecule has 0 fully saturated rings. The number of carbonyl (C=O) groups excluding carboxylic acids is 2. The third kappa shape index (κ3) is 16.0. The summed E-state index contributed by atoms with van der Waals surface area (Å²) in [6.45, 7) is 9.96. The van der Waals surface area contributed by atoms with Crippen LogP contribution in [-0.2, 0) is 60.8 Å². The van der Waals surface area contributed by atoms with E-state index in [2.05, 4.69) is 67.5 Å². The quantitative estimate of drug-likeness (QED) is 0.0216. The largest absolute Gasteiger partial charge is 0.462 e. The lowest BCUT2D eigenvalue weighted by Crippen LogP contribution is -2.45. The van der Waals surface area contributed by atoms with Crippen LogP contribution in [0.2, 0.25) is 0 Å². The summed E-state index contributed by atoms with van der Waals surface area (Å²) in [7, 11) is 0. The summed E-state index contributed by atoms with van der Waals surface area (Å²) in [6, 6.07) is 26.3. The smallest absolute Gasteiger partial charge is 0.338 e. The fourth-order valence-electron chi connectivity index (χ4n) is 21.0. The van der Waals surface area contributed by atoms with Crippen LogP contribution in [0.1, 0.15) is 331 Å². The van der Waals surface area contributed by atoms with E-state index in [0.717, 1.165) is 222 Å². The number of fused-ring (bicyclic) bond motifs is 8. The molecule has 10 heterocycles. The molecule has 0 spiro atoms. The van der Waals surface area contributed by atoms with Crippen molar-refractivity contribution in [3.05, 3.63) is 172 Å². The highest BCUT2D eigenvalue weighted by Gasteiger charge is 2.40. The topological polar surface area (TPSA) is 83.6 Å². The molecule has 16 rings (SSSR count). The highest BCUT2D eigenvalue weighted by atomic mass is 16.5. The van der Waals surface area contributed by atoms with Crippen LogP contribution in [0.25, 0.3) is 11.1 Å². The fraction of sp³-hybridized carbons (Fsp3) is 0.583. The van der Waals surface area contributed by atoms with Crippen molar-refractivity contribution >= 4 is 34.5 Å². The van der Waals surface area contributed by atoms with E-state index in [4.69, 9.17) is 18.9 Å². The molecule has 0 amide bonds. The molecule has 6 aromatic carbocycles. The lowest BCUT2D eigenvalue weighted by molar-refractivity contribution is 0.0488. The minimum atomic E-state index is -0.202. The Kier molecular flexibility index (Phi) is 24.4. The lowest BCUT2D eigenvalue weighted by Gasteiger charge is -2.39. The van der Waals surface area contributed by atoms with Crippen LogP contribution >= 0.6 is 0 Å². The van der Waals surface area contributed by atoms with Gasteiger partial charge in [0.05, 0.1) is 35.5 Å². The first kappa shape index (κ1) is 73.0. The van der Waals surface area contributed by atoms with Crippen molar-refractivity contribution in [2.75, 3.05) is 75.4 Å². The minimum Gasteiger partial charge on any atom is -0.462 e. The van der Waals surface area contributed by atoms with Crippen molar-refractivity contribution in [2.45, 2.75) is 295 Å². The number of anilines is 2. The molecule has 10 aliphatic rings. The van der Waals surface area contributed by atoms with Gasteiger partial charge in [-0.3, -0.25) is 0 Å². The Balaban J connectivity index is 0.374. The number of ether oxygens (including phenoxy) is 4. The van der Waals surface area contributed by atoms with Crippen LogP contribution < -0.4 is 49.6 Å². The second kappa shape index (κ2) is 35.4. The average Bonchev–Trinajstić information content (AvgIpc) is 0.715. The molecule has 0 saturated heterocycles. The Labute approximate surface area is 634 Å². The number of nitrogens with zero attached hydrogens (tertiary/aromatic N) is 4. The van der Waals surface area contributed by atoms with E-state index >= 15 is 0 Å². The van der Waals surface area contributed by atoms with Gasteiger partial charge in [-0.2, -0.15) is 0 Å². The molecule has 10 aliphatic heterocycles. The maximum absolute atomic E-state index is 14.2. The van der Waals surface area contributed by atoms with Gasteiger partial charge in [0.15, 0.2) is 0 Å². The van der Waals surface area contributed by atoms with Crippen LogP contribution in [0.15, 0.2) is 72.8 Å². The molecule has 10 nitrogen and oxygen atoms in total. The number of hydrogen-bond acceptors (Lipinski definition) is 8. The molecule has 6 aromatic rings. The van der Waals surface area contributed by atoms with Crippen molar-refractivity contribution < 1.29 is 28.5 Å². The normalized spacial score (nSPS) is 16.9. The Bertz CT molecular complexity index is 4150. The van der Waals surface area contributed by atoms with E-state index < -0.39 is 0 Å². The molecule has 0 bridgehead atoms. The highest BCUT2D eigenvalue weighted by molar-refractivity contribution is 6.01. The summed E-state index contributed by atoms with van der Waals surface area (Å²) >= 11 is 0. The van der Waals surface area contributed by atoms with Gasteiger partial charge in [-0.25, -0.2) is 18.7 Å². The predicted molar refractivity (Wildman–Crippen MR) is 433 cm³/mol. The number of carbonyl (C=O) groups is 2. The number of aryl methyl sites for hydroxylation is 4. The van der Waals surface area contributed by atoms with Crippen molar-refractivity contribution in [3.8, 4) is 23.0 Å². The zero-order chi connectivity index (χ0) is 71.4. The second-order valence-electron chi connectivity index (χ2n) is 33.7. The van der Waals surface area contributed by atoms with E-state index in [-0.39, 0.29) is 11.9 Å². The van der Waals surface area contributed by atoms with E-state index in [9.17, 15) is 9.59 Å². The van der Waals surface area contributed by atoms with Gasteiger partial charge in [-0.15, -0.1) is 0 Å². The van der Waals surface area contributed by atoms with Crippen LogP contribution in [-0.4, -0.2) is 77.5 Å². The number of rotatable bonds is 37. The zero-order valence-corrected chi connectivity index (χ0v) is 64.8. The third-order valence-corrected chi connectivity index (χ3v) is 26.2. The minimum absolute atomic E-state index is 0.202. The van der Waals surface area contributed by atoms with Gasteiger partial charge >= 0.3 is 11.9 Å². The molecule has 0 aromatic heterocycles. The first-order valence-electron chi connectivity index (χ1n) is 43.9. The van der Waals surface area contributed by atoms with Crippen LogP contribution in [0.3, 0.4) is 0 Å². The molecule has 0 atom stereocenters. The molecule has 10 heteroatoms. The van der Waals surface area contributed by atoms with Crippen LogP contribution in [0, 0.1) is 0 Å². The van der Waals surface area contributed by atoms with Gasteiger partial charge in [0, 0.05) is 118 Å². The Morgan fingerprint density at radius 2 is 0.623 bits per heavy atom. The van der Waals surface area contributed by atoms with Gasteiger partial charge in [-0.1, -0.05) is 216 Å². The van der Waals surface area contributed by atoms with Gasteiger partial charge in [0.25, 0.3) is 0 Å². The van der Waals surface area contributed by atoms with E-state index in [1.807, 2.05) is 24.3 Å². The maximum Gasteiger partial charge on any atom is 0.338 e. The van der Waals surface area contributed by atoms with E-state index in [1.54, 1.807) is 0 Å². The molecule has 0 radical (unpaired) electrons. The maximum atomic E-state index is 14.2. The molecule has 0 unspecified atom stereocenters. The van der Waals surface area contributed by atoms with E-state index in [1.165, 1.54) is 259 Å². The number of hydrogen-bond donors (Lipinski definition) is 0. The highest BCUT2D eigenvalue weighted by Crippen LogP contribution is 2.51. The van der Waals surface area contributed by atoms with Gasteiger partial charge in [0.2, 0.25) is 10.7 Å². The molecule has 0 aliphatic carbocycles. The van der Waals surface area contributed by atoms with Crippen LogP contribution in [0.4, 0.5) is 11.4 Å². The van der Waals surface area contributed by atoms with Gasteiger partial charge in [0.1, 0.15) is 49.2 Å². The monoisotopic (exact) mass is 1430 g/mol. The third-order valence-electron chi connectivity index (χ3n) is 26.2. The molecule has 106 heavy (non-hydrogen) atoms. The summed E-state index contributed by atoms with van der Waals surface area (Å²) in [6.07, 6.45) is 57.6. The average molecular weight is 1430 g/mol. The predicted octanol–water partition coefficient (Wildman–Crippen LogP) is 19.3. The molecule has 0 N–H and O–H groups in total. The van der Waals surface area contributed by atoms with Crippen molar-refractivity contribution in [2.24, 2.45) is 0 Å². The Hall–Kier alpha value is -7.20. The Morgan fingerprint density at radius 1 is 0.321 bits per heavy atom. The number of unbranched alkanes of at least 4 members (excludes halogenated alkanes) is 29. The van der Waals surface area contributed by atoms with Gasteiger partial charge < -0.3 is 28.7 Å². The number of esters is 2. The summed E-state index contributed by atoms with van der Waals surface area (Å²) in [5.74, 6) is 3.73. The fourth-order valence-corrected chi connectivity index (χ4v) is 21.0. The zero-order valence-electron chi connectivity index (χ0n) is 64.8. The Morgan fingerprint density at radius 3 is 0.981 bits per heavy atom. The molecule has 562 valence electrons. The summed E-state index contributed by atoms with van der Waals surface area (Å²) in [4.78, 5) is 33.7. The summed E-state index contributed by atoms with van der Waals surface area (Å²) < 4.78 is 32.1.